The van der Waals surface area contributed by atoms with Crippen molar-refractivity contribution in [2.24, 2.45) is 0 Å². The lowest BCUT2D eigenvalue weighted by atomic mass is 10.1. The largest absolute Gasteiger partial charge is 0.467 e. The van der Waals surface area contributed by atoms with E-state index in [1.165, 1.54) is 7.11 Å². The van der Waals surface area contributed by atoms with Crippen molar-refractivity contribution < 1.29 is 14.3 Å². The van der Waals surface area contributed by atoms with E-state index in [9.17, 15) is 9.59 Å². The first-order chi connectivity index (χ1) is 10.2. The number of fused-ring (bicyclic) bond motifs is 1. The van der Waals surface area contributed by atoms with Gasteiger partial charge >= 0.3 is 5.97 Å². The van der Waals surface area contributed by atoms with Crippen molar-refractivity contribution in [3.63, 3.8) is 0 Å². The average Bonchev–Trinajstić information content (AvgIpc) is 3.02. The van der Waals surface area contributed by atoms with E-state index in [1.807, 2.05) is 24.3 Å². The van der Waals surface area contributed by atoms with Crippen LogP contribution in [0, 0.1) is 0 Å². The van der Waals surface area contributed by atoms with E-state index in [0.29, 0.717) is 18.5 Å². The van der Waals surface area contributed by atoms with Crippen LogP contribution >= 0.6 is 0 Å². The van der Waals surface area contributed by atoms with Gasteiger partial charge in [-0.15, -0.1) is 0 Å². The monoisotopic (exact) mass is 284 g/mol. The minimum atomic E-state index is -0.466. The average molecular weight is 284 g/mol. The fourth-order valence-electron chi connectivity index (χ4n) is 2.77. The third kappa shape index (κ3) is 2.46. The molecule has 2 aromatic rings. The summed E-state index contributed by atoms with van der Waals surface area (Å²) in [7, 11) is 1.35. The number of carbonyl (C=O) groups excluding carboxylic acids is 2. The number of aromatic nitrogens is 1. The molecule has 0 radical (unpaired) electrons. The molecule has 1 atom stereocenters. The second-order valence-corrected chi connectivity index (χ2v) is 5.09. The molecule has 5 heteroatoms. The topological polar surface area (TPSA) is 59.5 Å². The molecule has 2 heterocycles. The number of hydrogen-bond acceptors (Lipinski definition) is 4. The molecule has 1 fully saturated rings. The molecule has 0 N–H and O–H groups in total. The number of methoxy groups -OCH3 is 1. The Morgan fingerprint density at radius 2 is 2.19 bits per heavy atom. The van der Waals surface area contributed by atoms with E-state index in [1.54, 1.807) is 17.2 Å². The first-order valence-electron chi connectivity index (χ1n) is 6.94. The maximum Gasteiger partial charge on any atom is 0.328 e. The Labute approximate surface area is 122 Å². The number of carbonyl (C=O) groups is 2. The van der Waals surface area contributed by atoms with E-state index in [-0.39, 0.29) is 11.9 Å². The maximum absolute atomic E-state index is 12.6. The predicted molar refractivity (Wildman–Crippen MR) is 77.8 cm³/mol. The Morgan fingerprint density at radius 3 is 3.00 bits per heavy atom. The lowest BCUT2D eigenvalue weighted by Gasteiger charge is -2.22. The van der Waals surface area contributed by atoms with Crippen LogP contribution in [0.2, 0.25) is 0 Å². The van der Waals surface area contributed by atoms with Crippen LogP contribution in [0.15, 0.2) is 36.5 Å². The number of hydrogen-bond donors (Lipinski definition) is 0. The summed E-state index contributed by atoms with van der Waals surface area (Å²) in [5.41, 5.74) is 1.42. The van der Waals surface area contributed by atoms with Crippen LogP contribution in [-0.4, -0.2) is 41.5 Å². The highest BCUT2D eigenvalue weighted by atomic mass is 16.5. The normalized spacial score (nSPS) is 18.0. The number of pyridine rings is 1. The van der Waals surface area contributed by atoms with Crippen molar-refractivity contribution in [2.45, 2.75) is 18.9 Å². The van der Waals surface area contributed by atoms with Gasteiger partial charge in [-0.25, -0.2) is 4.79 Å². The molecule has 1 aliphatic rings. The molecule has 1 amide bonds. The fourth-order valence-corrected chi connectivity index (χ4v) is 2.77. The molecule has 1 aromatic heterocycles. The summed E-state index contributed by atoms with van der Waals surface area (Å²) in [5, 5.41) is 0.914. The highest BCUT2D eigenvalue weighted by molar-refractivity contribution is 6.00. The molecule has 0 aliphatic carbocycles. The van der Waals surface area contributed by atoms with Crippen molar-refractivity contribution in [1.82, 2.24) is 9.88 Å². The Bertz CT molecular complexity index is 699. The summed E-state index contributed by atoms with van der Waals surface area (Å²) in [5.74, 6) is -0.475. The number of amides is 1. The molecule has 0 saturated carbocycles. The van der Waals surface area contributed by atoms with E-state index < -0.39 is 6.04 Å². The molecule has 1 unspecified atom stereocenters. The molecule has 0 spiro atoms. The van der Waals surface area contributed by atoms with Crippen LogP contribution in [0.1, 0.15) is 23.2 Å². The summed E-state index contributed by atoms with van der Waals surface area (Å²) in [4.78, 5) is 30.2. The maximum atomic E-state index is 12.6. The van der Waals surface area contributed by atoms with Gasteiger partial charge in [0.25, 0.3) is 5.91 Å². The molecule has 21 heavy (non-hydrogen) atoms. The number of rotatable bonds is 2. The van der Waals surface area contributed by atoms with Crippen LogP contribution in [0.5, 0.6) is 0 Å². The number of esters is 1. The summed E-state index contributed by atoms with van der Waals surface area (Å²) in [6, 6.07) is 8.69. The first-order valence-corrected chi connectivity index (χ1v) is 6.94. The first kappa shape index (κ1) is 13.5. The van der Waals surface area contributed by atoms with Gasteiger partial charge in [-0.05, 0) is 37.1 Å². The smallest absolute Gasteiger partial charge is 0.328 e. The molecule has 108 valence electrons. The van der Waals surface area contributed by atoms with Crippen LogP contribution in [0.4, 0.5) is 0 Å². The van der Waals surface area contributed by atoms with Crippen molar-refractivity contribution >= 4 is 22.8 Å². The standard InChI is InChI=1S/C16H16N2O3/c1-21-16(20)14-5-3-9-18(14)15(19)12-6-7-13-11(10-12)4-2-8-17-13/h2,4,6-8,10,14H,3,5,9H2,1H3. The molecule has 1 aliphatic heterocycles. The molecular weight excluding hydrogens is 268 g/mol. The highest BCUT2D eigenvalue weighted by Gasteiger charge is 2.35. The van der Waals surface area contributed by atoms with Gasteiger partial charge in [0, 0.05) is 23.7 Å². The summed E-state index contributed by atoms with van der Waals surface area (Å²) in [6.45, 7) is 0.587. The Kier molecular flexibility index (Phi) is 3.56. The van der Waals surface area contributed by atoms with Gasteiger partial charge in [0.05, 0.1) is 12.6 Å². The summed E-state index contributed by atoms with van der Waals surface area (Å²) >= 11 is 0. The molecule has 0 bridgehead atoms. The summed E-state index contributed by atoms with van der Waals surface area (Å²) in [6.07, 6.45) is 3.20. The van der Waals surface area contributed by atoms with Crippen LogP contribution in [0.3, 0.4) is 0 Å². The van der Waals surface area contributed by atoms with E-state index in [0.717, 1.165) is 17.3 Å². The van der Waals surface area contributed by atoms with Gasteiger partial charge in [0.15, 0.2) is 0 Å². The number of nitrogens with zero attached hydrogens (tertiary/aromatic N) is 2. The zero-order chi connectivity index (χ0) is 14.8. The minimum absolute atomic E-state index is 0.131. The quantitative estimate of drug-likeness (QED) is 0.792. The molecule has 5 nitrogen and oxygen atoms in total. The zero-order valence-electron chi connectivity index (χ0n) is 11.8. The second-order valence-electron chi connectivity index (χ2n) is 5.09. The van der Waals surface area contributed by atoms with Crippen LogP contribution in [0.25, 0.3) is 10.9 Å². The Balaban J connectivity index is 1.91. The van der Waals surface area contributed by atoms with E-state index >= 15 is 0 Å². The van der Waals surface area contributed by atoms with Crippen molar-refractivity contribution in [2.75, 3.05) is 13.7 Å². The summed E-state index contributed by atoms with van der Waals surface area (Å²) < 4.78 is 4.78. The van der Waals surface area contributed by atoms with Gasteiger partial charge in [0.1, 0.15) is 6.04 Å². The van der Waals surface area contributed by atoms with Gasteiger partial charge < -0.3 is 9.64 Å². The third-order valence-corrected chi connectivity index (χ3v) is 3.84. The third-order valence-electron chi connectivity index (χ3n) is 3.84. The van der Waals surface area contributed by atoms with Crippen LogP contribution < -0.4 is 0 Å². The van der Waals surface area contributed by atoms with E-state index in [2.05, 4.69) is 4.98 Å². The number of benzene rings is 1. The molecule has 1 saturated heterocycles. The second kappa shape index (κ2) is 5.52. The molecule has 3 rings (SSSR count). The highest BCUT2D eigenvalue weighted by Crippen LogP contribution is 2.22. The lowest BCUT2D eigenvalue weighted by Crippen LogP contribution is -2.41. The van der Waals surface area contributed by atoms with Gasteiger partial charge in [0.2, 0.25) is 0 Å². The van der Waals surface area contributed by atoms with Crippen LogP contribution in [-0.2, 0) is 9.53 Å². The number of ether oxygens (including phenoxy) is 1. The molecular formula is C16H16N2O3. The van der Waals surface area contributed by atoms with Crippen molar-refractivity contribution in [3.8, 4) is 0 Å². The minimum Gasteiger partial charge on any atom is -0.467 e. The predicted octanol–water partition coefficient (Wildman–Crippen LogP) is 2.01. The SMILES string of the molecule is COC(=O)C1CCCN1C(=O)c1ccc2ncccc2c1. The Morgan fingerprint density at radius 1 is 1.33 bits per heavy atom. The zero-order valence-corrected chi connectivity index (χ0v) is 11.8. The van der Waals surface area contributed by atoms with Crippen molar-refractivity contribution in [1.29, 1.82) is 0 Å². The van der Waals surface area contributed by atoms with Gasteiger partial charge in [-0.2, -0.15) is 0 Å². The van der Waals surface area contributed by atoms with Crippen molar-refractivity contribution in [3.05, 3.63) is 42.1 Å². The molecule has 1 aromatic carbocycles. The lowest BCUT2D eigenvalue weighted by molar-refractivity contribution is -0.145. The van der Waals surface area contributed by atoms with Gasteiger partial charge in [-0.3, -0.25) is 9.78 Å². The van der Waals surface area contributed by atoms with E-state index in [4.69, 9.17) is 4.74 Å². The Hall–Kier alpha value is -2.43. The fraction of sp³-hybridized carbons (Fsp3) is 0.312. The number of likely N-dealkylation sites (tertiary alicyclic amines) is 1. The van der Waals surface area contributed by atoms with Gasteiger partial charge in [-0.1, -0.05) is 6.07 Å².